The second-order valence-electron chi connectivity index (χ2n) is 25.8. The van der Waals surface area contributed by atoms with Crippen LogP contribution in [0.2, 0.25) is 5.02 Å². The third-order valence-electron chi connectivity index (χ3n) is 17.1. The number of phenolic OH excluding ortho intramolecular Hbond substituents is 1. The van der Waals surface area contributed by atoms with Crippen LogP contribution >= 0.6 is 11.6 Å². The van der Waals surface area contributed by atoms with Crippen LogP contribution in [-0.2, 0) is 81.6 Å². The van der Waals surface area contributed by atoms with E-state index in [2.05, 4.69) is 63.5 Å². The van der Waals surface area contributed by atoms with Crippen molar-refractivity contribution >= 4 is 105 Å². The van der Waals surface area contributed by atoms with E-state index in [-0.39, 0.29) is 127 Å². The topological polar surface area (TPSA) is 488 Å². The van der Waals surface area contributed by atoms with Gasteiger partial charge in [-0.15, -0.1) is 0 Å². The Labute approximate surface area is 595 Å². The number of primary amides is 1. The number of guanidine groups is 1. The minimum absolute atomic E-state index is 0.00974. The molecule has 0 radical (unpaired) electrons. The van der Waals surface area contributed by atoms with Crippen molar-refractivity contribution in [3.8, 4) is 5.75 Å². The van der Waals surface area contributed by atoms with E-state index in [1.807, 2.05) is 36.4 Å². The molecule has 31 nitrogen and oxygen atoms in total. The zero-order valence-corrected chi connectivity index (χ0v) is 58.4. The Balaban J connectivity index is 1.24. The van der Waals surface area contributed by atoms with E-state index in [1.54, 1.807) is 44.2 Å². The maximum atomic E-state index is 15.1. The van der Waals surface area contributed by atoms with Crippen LogP contribution in [0.1, 0.15) is 115 Å². The van der Waals surface area contributed by atoms with Crippen LogP contribution < -0.4 is 75.7 Å². The number of benzene rings is 4. The fraction of sp³-hybridized carbons (Fsp3) is 0.486. The Morgan fingerprint density at radius 1 is 0.627 bits per heavy atom. The molecule has 2 saturated heterocycles. The van der Waals surface area contributed by atoms with E-state index in [0.29, 0.717) is 28.1 Å². The highest BCUT2D eigenvalue weighted by Crippen LogP contribution is 2.23. The van der Waals surface area contributed by atoms with Gasteiger partial charge in [-0.1, -0.05) is 92.2 Å². The number of nitrogens with zero attached hydrogens (tertiary/aromatic N) is 2. The standard InChI is InChI=1S/C70H95ClN16O15/c1-39(2)33-52(64(97)81-51(14-9-30-77-70(73)74)69(102)87-32-10-15-57(87)68(101)78-40(3)60(72)93)82-66(99)55(37-44-16-21-45-11-5-6-12-46(45)34-44)84-65(98)54(36-43-19-24-48(90)25-20-43)85-67(100)56(38-88)86-62(95)49-13-7-8-29-76-61(94)53(35-42-17-22-47(71)23-18-42)83-63(96)50(79-41(4)89)26-27-58(91)75-31-28-59(92)80-49/h5-6,11-12,16-25,34,39-40,49-57,88,90H,7-10,13-15,26-33,35-38H2,1-4H3,(H2,72,93)(H,75,91)(H,76,94)(H,78,101)(H,79,89)(H,80,92)(H,81,97)(H,82,99)(H,83,96)(H,84,98)(H,85,100)(H,86,95)(H4,73,74,77)/t40?,49-,50?,51+,52-,53-,54+,55?,56+,57-/m1/s1. The summed E-state index contributed by atoms with van der Waals surface area (Å²) in [6, 6.07) is 11.6. The Hall–Kier alpha value is -10.4. The number of hydrogen-bond donors (Lipinski definition) is 16. The average Bonchev–Trinajstić information content (AvgIpc) is 1.53. The number of carbonyl (C=O) groups is 13. The summed E-state index contributed by atoms with van der Waals surface area (Å²) in [7, 11) is 0. The van der Waals surface area contributed by atoms with Crippen molar-refractivity contribution in [2.45, 2.75) is 178 Å². The molecule has 3 unspecified atom stereocenters. The van der Waals surface area contributed by atoms with Crippen LogP contribution in [0.3, 0.4) is 0 Å². The molecule has 0 aromatic heterocycles. The number of aliphatic hydroxyl groups excluding tert-OH is 1. The Bertz CT molecular complexity index is 3650. The second kappa shape index (κ2) is 40.1. The highest BCUT2D eigenvalue weighted by Gasteiger charge is 2.40. The van der Waals surface area contributed by atoms with E-state index in [1.165, 1.54) is 43.0 Å². The summed E-state index contributed by atoms with van der Waals surface area (Å²) in [5.74, 6) is -10.5. The van der Waals surface area contributed by atoms with Gasteiger partial charge in [0.05, 0.1) is 6.61 Å². The van der Waals surface area contributed by atoms with Gasteiger partial charge in [-0.3, -0.25) is 67.3 Å². The van der Waals surface area contributed by atoms with Crippen molar-refractivity contribution in [2.24, 2.45) is 28.1 Å². The van der Waals surface area contributed by atoms with Crippen molar-refractivity contribution in [1.82, 2.24) is 63.4 Å². The molecule has 10 atom stereocenters. The van der Waals surface area contributed by atoms with Gasteiger partial charge < -0.3 is 90.8 Å². The Morgan fingerprint density at radius 3 is 1.89 bits per heavy atom. The fourth-order valence-electron chi connectivity index (χ4n) is 11.7. The maximum absolute atomic E-state index is 15.1. The van der Waals surface area contributed by atoms with E-state index in [4.69, 9.17) is 28.8 Å². The number of amides is 13. The quantitative estimate of drug-likeness (QED) is 0.0180. The first-order valence-electron chi connectivity index (χ1n) is 34.1. The lowest BCUT2D eigenvalue weighted by Crippen LogP contribution is -2.61. The molecular formula is C70H95ClN16O15. The number of likely N-dealkylation sites (tertiary alicyclic amines) is 1. The number of aliphatic imine (C=N–C) groups is 1. The van der Waals surface area contributed by atoms with Gasteiger partial charge in [0.25, 0.3) is 0 Å². The summed E-state index contributed by atoms with van der Waals surface area (Å²) in [5.41, 5.74) is 18.2. The number of nitrogens with two attached hydrogens (primary N) is 3. The van der Waals surface area contributed by atoms with Gasteiger partial charge in [0, 0.05) is 70.2 Å². The minimum Gasteiger partial charge on any atom is -0.508 e. The second-order valence-corrected chi connectivity index (χ2v) is 26.3. The summed E-state index contributed by atoms with van der Waals surface area (Å²) >= 11 is 6.11. The van der Waals surface area contributed by atoms with Crippen LogP contribution in [0.5, 0.6) is 5.75 Å². The molecule has 0 saturated carbocycles. The largest absolute Gasteiger partial charge is 0.508 e. The van der Waals surface area contributed by atoms with Gasteiger partial charge in [-0.25, -0.2) is 0 Å². The number of fused-ring (bicyclic) bond motifs is 1. The summed E-state index contributed by atoms with van der Waals surface area (Å²) in [6.07, 6.45) is -0.154. The average molecular weight is 1440 g/mol. The Morgan fingerprint density at radius 2 is 1.25 bits per heavy atom. The van der Waals surface area contributed by atoms with Gasteiger partial charge in [0.15, 0.2) is 5.96 Å². The van der Waals surface area contributed by atoms with Crippen LogP contribution in [0, 0.1) is 5.92 Å². The van der Waals surface area contributed by atoms with Gasteiger partial charge in [0.2, 0.25) is 76.8 Å². The van der Waals surface area contributed by atoms with Gasteiger partial charge in [0.1, 0.15) is 66.2 Å². The molecule has 13 amide bonds. The third kappa shape index (κ3) is 26.3. The molecule has 4 aromatic carbocycles. The third-order valence-corrected chi connectivity index (χ3v) is 17.4. The molecule has 4 aromatic rings. The number of halogens is 1. The molecule has 2 fully saturated rings. The molecule has 102 heavy (non-hydrogen) atoms. The number of aromatic hydroxyl groups is 1. The molecule has 552 valence electrons. The first-order chi connectivity index (χ1) is 48.6. The number of aliphatic hydroxyl groups is 1. The molecule has 32 heteroatoms. The molecule has 2 aliphatic rings. The Kier molecular flexibility index (Phi) is 31.7. The SMILES string of the molecule is CC(=O)NC1CCC(=O)NCCC(=O)N[C@@H](C(=O)N[C@@H](CO)C(=O)N[C@@H](Cc2ccc(O)cc2)C(=O)NC(Cc2ccc3ccccc3c2)C(=O)N[C@H](CC(C)C)C(=O)N[C@@H](CCCN=C(N)N)C(=O)N2CCC[C@@H]2C(=O)NC(C)C(N)=O)CCCCNC(=O)[C@@H](Cc2ccc(Cl)cc2)NC1=O. The van der Waals surface area contributed by atoms with Gasteiger partial charge in [-0.2, -0.15) is 0 Å². The zero-order valence-electron chi connectivity index (χ0n) is 57.7. The van der Waals surface area contributed by atoms with E-state index >= 15 is 9.59 Å². The van der Waals surface area contributed by atoms with Crippen LogP contribution in [0.25, 0.3) is 10.8 Å². The zero-order chi connectivity index (χ0) is 74.6. The normalized spacial score (nSPS) is 18.9. The minimum atomic E-state index is -1.79. The molecule has 0 aliphatic carbocycles. The van der Waals surface area contributed by atoms with Crippen LogP contribution in [0.4, 0.5) is 0 Å². The first kappa shape index (κ1) is 80.5. The van der Waals surface area contributed by atoms with Crippen molar-refractivity contribution in [1.29, 1.82) is 0 Å². The molecule has 2 aliphatic heterocycles. The highest BCUT2D eigenvalue weighted by molar-refractivity contribution is 6.30. The fourth-order valence-corrected chi connectivity index (χ4v) is 11.8. The van der Waals surface area contributed by atoms with Crippen molar-refractivity contribution in [2.75, 3.05) is 32.8 Å². The first-order valence-corrected chi connectivity index (χ1v) is 34.4. The number of nitrogens with one attached hydrogen (secondary N) is 11. The lowest BCUT2D eigenvalue weighted by Gasteiger charge is -2.31. The van der Waals surface area contributed by atoms with E-state index in [0.717, 1.165) is 10.8 Å². The van der Waals surface area contributed by atoms with Gasteiger partial charge in [-0.05, 0) is 122 Å². The lowest BCUT2D eigenvalue weighted by molar-refractivity contribution is -0.142. The molecular weight excluding hydrogens is 1340 g/mol. The van der Waals surface area contributed by atoms with Crippen LogP contribution in [-0.4, -0.2) is 191 Å². The molecule has 19 N–H and O–H groups in total. The lowest BCUT2D eigenvalue weighted by atomic mass is 9.98. The summed E-state index contributed by atoms with van der Waals surface area (Å²) < 4.78 is 0. The summed E-state index contributed by atoms with van der Waals surface area (Å²) in [6.45, 7) is 5.14. The molecule has 0 spiro atoms. The van der Waals surface area contributed by atoms with Crippen molar-refractivity contribution in [3.05, 3.63) is 113 Å². The monoisotopic (exact) mass is 1430 g/mol. The number of rotatable bonds is 28. The molecule has 0 bridgehead atoms. The summed E-state index contributed by atoms with van der Waals surface area (Å²) in [4.78, 5) is 185. The van der Waals surface area contributed by atoms with Crippen LogP contribution in [0.15, 0.2) is 96.0 Å². The molecule has 2 heterocycles. The number of phenols is 1. The van der Waals surface area contributed by atoms with Gasteiger partial charge >= 0.3 is 0 Å². The highest BCUT2D eigenvalue weighted by atomic mass is 35.5. The maximum Gasteiger partial charge on any atom is 0.245 e. The number of hydrogen-bond acceptors (Lipinski definition) is 16. The number of carbonyl (C=O) groups excluding carboxylic acids is 13. The van der Waals surface area contributed by atoms with Crippen molar-refractivity contribution < 1.29 is 72.5 Å². The smallest absolute Gasteiger partial charge is 0.245 e. The predicted molar refractivity (Wildman–Crippen MR) is 377 cm³/mol. The molecule has 6 rings (SSSR count). The van der Waals surface area contributed by atoms with E-state index in [9.17, 15) is 63.0 Å². The predicted octanol–water partition coefficient (Wildman–Crippen LogP) is -1.22. The van der Waals surface area contributed by atoms with Crippen molar-refractivity contribution in [3.63, 3.8) is 0 Å². The summed E-state index contributed by atoms with van der Waals surface area (Å²) in [5, 5.41) is 52.3. The van der Waals surface area contributed by atoms with E-state index < -0.39 is 144 Å².